The van der Waals surface area contributed by atoms with Gasteiger partial charge in [0.15, 0.2) is 5.16 Å². The minimum absolute atomic E-state index is 0.0490. The predicted octanol–water partition coefficient (Wildman–Crippen LogP) is 2.54. The van der Waals surface area contributed by atoms with Gasteiger partial charge in [-0.1, -0.05) is 35.2 Å². The van der Waals surface area contributed by atoms with E-state index in [-0.39, 0.29) is 23.7 Å². The van der Waals surface area contributed by atoms with Crippen LogP contribution in [-0.4, -0.2) is 26.1 Å². The second-order valence-electron chi connectivity index (χ2n) is 5.31. The molecule has 0 spiro atoms. The highest BCUT2D eigenvalue weighted by Gasteiger charge is 2.10. The van der Waals surface area contributed by atoms with Crippen LogP contribution in [0.4, 0.5) is 9.52 Å². The third-order valence-corrected chi connectivity index (χ3v) is 4.87. The Hall–Kier alpha value is -2.59. The topological polar surface area (TPSA) is 101 Å². The molecule has 3 aromatic rings. The van der Waals surface area contributed by atoms with E-state index >= 15 is 0 Å². The zero-order valence-electron chi connectivity index (χ0n) is 13.7. The van der Waals surface area contributed by atoms with Gasteiger partial charge in [-0.15, -0.1) is 10.2 Å². The van der Waals surface area contributed by atoms with Gasteiger partial charge in [0.05, 0.1) is 12.1 Å². The van der Waals surface area contributed by atoms with E-state index in [2.05, 4.69) is 25.5 Å². The molecule has 0 atom stereocenters. The van der Waals surface area contributed by atoms with Gasteiger partial charge in [0.25, 0.3) is 5.56 Å². The van der Waals surface area contributed by atoms with E-state index in [4.69, 9.17) is 0 Å². The molecule has 0 fully saturated rings. The van der Waals surface area contributed by atoms with E-state index in [9.17, 15) is 14.0 Å². The highest BCUT2D eigenvalue weighted by atomic mass is 32.2. The first kappa shape index (κ1) is 18.2. The number of rotatable bonds is 6. The number of aromatic amines is 1. The first-order chi connectivity index (χ1) is 12.5. The highest BCUT2D eigenvalue weighted by molar-refractivity contribution is 7.98. The van der Waals surface area contributed by atoms with Gasteiger partial charge in [0.1, 0.15) is 10.8 Å². The molecular weight excluding hydrogens is 377 g/mol. The lowest BCUT2D eigenvalue weighted by atomic mass is 10.2. The van der Waals surface area contributed by atoms with Crippen molar-refractivity contribution in [2.75, 3.05) is 5.32 Å². The van der Waals surface area contributed by atoms with Gasteiger partial charge in [-0.25, -0.2) is 9.37 Å². The van der Waals surface area contributed by atoms with Gasteiger partial charge in [-0.05, 0) is 24.6 Å². The molecule has 26 heavy (non-hydrogen) atoms. The number of nitrogens with one attached hydrogen (secondary N) is 2. The molecule has 3 rings (SSSR count). The molecule has 1 amide bonds. The average molecular weight is 391 g/mol. The van der Waals surface area contributed by atoms with E-state index < -0.39 is 0 Å². The average Bonchev–Trinajstić information content (AvgIpc) is 2.98. The summed E-state index contributed by atoms with van der Waals surface area (Å²) in [5.74, 6) is -0.110. The van der Waals surface area contributed by atoms with Gasteiger partial charge in [0, 0.05) is 11.8 Å². The van der Waals surface area contributed by atoms with Crippen LogP contribution >= 0.6 is 23.1 Å². The van der Waals surface area contributed by atoms with Crippen molar-refractivity contribution in [3.8, 4) is 0 Å². The van der Waals surface area contributed by atoms with Crippen LogP contribution in [0.1, 0.15) is 16.3 Å². The summed E-state index contributed by atoms with van der Waals surface area (Å²) in [7, 11) is 0. The Morgan fingerprint density at radius 1 is 1.31 bits per heavy atom. The fraction of sp³-hybridized carbons (Fsp3) is 0.188. The van der Waals surface area contributed by atoms with Crippen LogP contribution in [0.5, 0.6) is 0 Å². The molecule has 0 radical (unpaired) electrons. The van der Waals surface area contributed by atoms with Crippen LogP contribution in [0.2, 0.25) is 0 Å². The summed E-state index contributed by atoms with van der Waals surface area (Å²) < 4.78 is 12.9. The van der Waals surface area contributed by atoms with Gasteiger partial charge in [-0.2, -0.15) is 0 Å². The summed E-state index contributed by atoms with van der Waals surface area (Å²) >= 11 is 2.57. The SMILES string of the molecule is Cc1nnc(NC(=O)Cc2cc(=O)[nH]c(SCc3ccc(F)cc3)n2)s1. The second kappa shape index (κ2) is 8.19. The first-order valence-electron chi connectivity index (χ1n) is 7.55. The van der Waals surface area contributed by atoms with Crippen LogP contribution in [0.25, 0.3) is 0 Å². The fourth-order valence-corrected chi connectivity index (χ4v) is 3.51. The van der Waals surface area contributed by atoms with Crippen molar-refractivity contribution in [2.45, 2.75) is 24.3 Å². The molecule has 2 heterocycles. The zero-order valence-corrected chi connectivity index (χ0v) is 15.3. The number of hydrogen-bond acceptors (Lipinski definition) is 7. The van der Waals surface area contributed by atoms with Crippen molar-refractivity contribution in [3.05, 3.63) is 62.8 Å². The molecule has 7 nitrogen and oxygen atoms in total. The third kappa shape index (κ3) is 5.20. The normalized spacial score (nSPS) is 10.7. The maximum Gasteiger partial charge on any atom is 0.251 e. The van der Waals surface area contributed by atoms with Crippen molar-refractivity contribution in [1.29, 1.82) is 0 Å². The second-order valence-corrected chi connectivity index (χ2v) is 7.45. The molecule has 0 saturated heterocycles. The maximum atomic E-state index is 12.9. The highest BCUT2D eigenvalue weighted by Crippen LogP contribution is 2.19. The molecule has 2 N–H and O–H groups in total. The van der Waals surface area contributed by atoms with Crippen molar-refractivity contribution >= 4 is 34.1 Å². The summed E-state index contributed by atoms with van der Waals surface area (Å²) in [6.07, 6.45) is -0.0490. The number of halogens is 1. The number of aryl methyl sites for hydroxylation is 1. The number of carbonyl (C=O) groups excluding carboxylic acids is 1. The summed E-state index contributed by atoms with van der Waals surface area (Å²) in [6, 6.07) is 7.38. The number of amides is 1. The number of H-pyrrole nitrogens is 1. The quantitative estimate of drug-likeness (QED) is 0.495. The van der Waals surface area contributed by atoms with Gasteiger partial charge < -0.3 is 10.3 Å². The number of aromatic nitrogens is 4. The number of carbonyl (C=O) groups is 1. The summed E-state index contributed by atoms with van der Waals surface area (Å²) in [4.78, 5) is 30.8. The lowest BCUT2D eigenvalue weighted by molar-refractivity contribution is -0.115. The van der Waals surface area contributed by atoms with Crippen LogP contribution in [0.15, 0.2) is 40.3 Å². The maximum absolute atomic E-state index is 12.9. The Morgan fingerprint density at radius 2 is 2.08 bits per heavy atom. The van der Waals surface area contributed by atoms with Gasteiger partial charge >= 0.3 is 0 Å². The molecule has 2 aromatic heterocycles. The molecule has 0 aliphatic rings. The lowest BCUT2D eigenvalue weighted by Crippen LogP contribution is -2.18. The Balaban J connectivity index is 1.64. The van der Waals surface area contributed by atoms with Crippen molar-refractivity contribution < 1.29 is 9.18 Å². The number of hydrogen-bond donors (Lipinski definition) is 2. The van der Waals surface area contributed by atoms with Crippen molar-refractivity contribution in [1.82, 2.24) is 20.2 Å². The van der Waals surface area contributed by atoms with Crippen molar-refractivity contribution in [3.63, 3.8) is 0 Å². The Labute approximate surface area is 156 Å². The van der Waals surface area contributed by atoms with Crippen LogP contribution < -0.4 is 10.9 Å². The van der Waals surface area contributed by atoms with Crippen molar-refractivity contribution in [2.24, 2.45) is 0 Å². The Kier molecular flexibility index (Phi) is 5.74. The first-order valence-corrected chi connectivity index (χ1v) is 9.35. The number of benzene rings is 1. The number of anilines is 1. The molecule has 0 saturated carbocycles. The van der Waals surface area contributed by atoms with E-state index in [0.29, 0.717) is 21.7 Å². The molecule has 0 unspecified atom stereocenters. The van der Waals surface area contributed by atoms with Crippen LogP contribution in [0, 0.1) is 12.7 Å². The van der Waals surface area contributed by atoms with E-state index in [1.807, 2.05) is 0 Å². The summed E-state index contributed by atoms with van der Waals surface area (Å²) in [5.41, 5.74) is 0.916. The molecule has 134 valence electrons. The molecule has 1 aromatic carbocycles. The standard InChI is InChI=1S/C16H14FN5O2S2/c1-9-21-22-16(26-9)20-14(24)7-12-6-13(23)19-15(18-12)25-8-10-2-4-11(17)5-3-10/h2-6H,7-8H2,1H3,(H,18,19,23)(H,20,22,24). The molecule has 0 bridgehead atoms. The van der Waals surface area contributed by atoms with E-state index in [1.54, 1.807) is 19.1 Å². The summed E-state index contributed by atoms with van der Waals surface area (Å²) in [6.45, 7) is 1.79. The number of thioether (sulfide) groups is 1. The fourth-order valence-electron chi connectivity index (χ4n) is 2.05. The zero-order chi connectivity index (χ0) is 18.5. The van der Waals surface area contributed by atoms with Crippen LogP contribution in [0.3, 0.4) is 0 Å². The summed E-state index contributed by atoms with van der Waals surface area (Å²) in [5, 5.41) is 11.8. The van der Waals surface area contributed by atoms with Gasteiger partial charge in [-0.3, -0.25) is 9.59 Å². The molecule has 10 heteroatoms. The van der Waals surface area contributed by atoms with E-state index in [0.717, 1.165) is 10.6 Å². The van der Waals surface area contributed by atoms with E-state index in [1.165, 1.54) is 41.3 Å². The lowest BCUT2D eigenvalue weighted by Gasteiger charge is -2.05. The Morgan fingerprint density at radius 3 is 2.77 bits per heavy atom. The molecule has 0 aliphatic heterocycles. The largest absolute Gasteiger partial charge is 0.301 e. The van der Waals surface area contributed by atoms with Gasteiger partial charge in [0.2, 0.25) is 11.0 Å². The Bertz CT molecular complexity index is 971. The predicted molar refractivity (Wildman–Crippen MR) is 97.8 cm³/mol. The van der Waals surface area contributed by atoms with Crippen LogP contribution in [-0.2, 0) is 17.0 Å². The third-order valence-electron chi connectivity index (χ3n) is 3.18. The molecular formula is C16H14FN5O2S2. The minimum atomic E-state index is -0.337. The smallest absolute Gasteiger partial charge is 0.251 e. The molecule has 0 aliphatic carbocycles. The minimum Gasteiger partial charge on any atom is -0.301 e. The number of nitrogens with zero attached hydrogens (tertiary/aromatic N) is 3. The monoisotopic (exact) mass is 391 g/mol.